The fraction of sp³-hybridized carbons (Fsp3) is 0.750. The van der Waals surface area contributed by atoms with E-state index in [1.807, 2.05) is 12.5 Å². The van der Waals surface area contributed by atoms with Gasteiger partial charge in [-0.1, -0.05) is 20.3 Å². The lowest BCUT2D eigenvalue weighted by molar-refractivity contribution is 0.385. The lowest BCUT2D eigenvalue weighted by Gasteiger charge is -2.20. The average molecular weight is 209 g/mol. The lowest BCUT2D eigenvalue weighted by Crippen LogP contribution is -2.31. The van der Waals surface area contributed by atoms with Crippen molar-refractivity contribution in [1.29, 1.82) is 0 Å². The molecule has 2 unspecified atom stereocenters. The highest BCUT2D eigenvalue weighted by molar-refractivity contribution is 4.98. The molecule has 0 aliphatic rings. The Morgan fingerprint density at radius 1 is 1.40 bits per heavy atom. The molecule has 0 saturated carbocycles. The van der Waals surface area contributed by atoms with Crippen LogP contribution in [0.25, 0.3) is 0 Å². The number of hydrogen-bond acceptors (Lipinski definition) is 2. The molecule has 1 N–H and O–H groups in total. The molecule has 0 aliphatic carbocycles. The van der Waals surface area contributed by atoms with Gasteiger partial charge in [0, 0.05) is 25.3 Å². The van der Waals surface area contributed by atoms with Crippen LogP contribution in [0.4, 0.5) is 0 Å². The van der Waals surface area contributed by atoms with Crippen molar-refractivity contribution in [3.8, 4) is 0 Å². The summed E-state index contributed by atoms with van der Waals surface area (Å²) in [6, 6.07) is 0.565. The van der Waals surface area contributed by atoms with Gasteiger partial charge in [-0.2, -0.15) is 0 Å². The summed E-state index contributed by atoms with van der Waals surface area (Å²) in [6.45, 7) is 10.8. The maximum atomic E-state index is 4.16. The average Bonchev–Trinajstić information content (AvgIpc) is 2.71. The molecule has 0 radical (unpaired) electrons. The van der Waals surface area contributed by atoms with Crippen molar-refractivity contribution in [3.05, 3.63) is 18.2 Å². The molecule has 0 amide bonds. The summed E-state index contributed by atoms with van der Waals surface area (Å²) >= 11 is 0. The van der Waals surface area contributed by atoms with Gasteiger partial charge >= 0.3 is 0 Å². The maximum absolute atomic E-state index is 4.16. The quantitative estimate of drug-likeness (QED) is 0.780. The second kappa shape index (κ2) is 5.91. The van der Waals surface area contributed by atoms with Crippen LogP contribution >= 0.6 is 0 Å². The van der Waals surface area contributed by atoms with Crippen molar-refractivity contribution < 1.29 is 0 Å². The summed E-state index contributed by atoms with van der Waals surface area (Å²) in [5.41, 5.74) is 1.27. The first kappa shape index (κ1) is 12.2. The van der Waals surface area contributed by atoms with E-state index in [1.54, 1.807) is 0 Å². The fourth-order valence-corrected chi connectivity index (χ4v) is 1.60. The van der Waals surface area contributed by atoms with Crippen LogP contribution in [0.3, 0.4) is 0 Å². The molecule has 0 bridgehead atoms. The van der Waals surface area contributed by atoms with Crippen molar-refractivity contribution in [1.82, 2.24) is 14.9 Å². The standard InChI is InChI=1S/C12H23N3/c1-5-10(3)11(4)14-8-12-7-13-9-15(12)6-2/h7,9-11,14H,5-6,8H2,1-4H3. The van der Waals surface area contributed by atoms with Crippen LogP contribution in [-0.2, 0) is 13.1 Å². The summed E-state index contributed by atoms with van der Waals surface area (Å²) < 4.78 is 2.18. The Morgan fingerprint density at radius 3 is 2.73 bits per heavy atom. The Morgan fingerprint density at radius 2 is 2.13 bits per heavy atom. The van der Waals surface area contributed by atoms with E-state index in [1.165, 1.54) is 12.1 Å². The largest absolute Gasteiger partial charge is 0.334 e. The summed E-state index contributed by atoms with van der Waals surface area (Å²) in [5, 5.41) is 3.55. The topological polar surface area (TPSA) is 29.9 Å². The van der Waals surface area contributed by atoms with E-state index in [0.717, 1.165) is 19.0 Å². The first-order valence-electron chi connectivity index (χ1n) is 5.91. The van der Waals surface area contributed by atoms with Crippen molar-refractivity contribution in [2.75, 3.05) is 0 Å². The van der Waals surface area contributed by atoms with E-state index in [4.69, 9.17) is 0 Å². The number of imidazole rings is 1. The predicted molar refractivity (Wildman–Crippen MR) is 63.7 cm³/mol. The maximum Gasteiger partial charge on any atom is 0.0948 e. The minimum Gasteiger partial charge on any atom is -0.334 e. The second-order valence-corrected chi connectivity index (χ2v) is 4.23. The SMILES string of the molecule is CCC(C)C(C)NCc1cncn1CC. The normalized spacial score (nSPS) is 15.2. The van der Waals surface area contributed by atoms with E-state index in [9.17, 15) is 0 Å². The second-order valence-electron chi connectivity index (χ2n) is 4.23. The fourth-order valence-electron chi connectivity index (χ4n) is 1.60. The first-order valence-corrected chi connectivity index (χ1v) is 5.91. The Hall–Kier alpha value is -0.830. The third-order valence-electron chi connectivity index (χ3n) is 3.24. The lowest BCUT2D eigenvalue weighted by atomic mass is 10.0. The van der Waals surface area contributed by atoms with Gasteiger partial charge in [0.1, 0.15) is 0 Å². The smallest absolute Gasteiger partial charge is 0.0948 e. The number of nitrogens with zero attached hydrogens (tertiary/aromatic N) is 2. The molecule has 3 nitrogen and oxygen atoms in total. The molecular weight excluding hydrogens is 186 g/mol. The molecule has 1 aromatic rings. The Labute approximate surface area is 92.9 Å². The van der Waals surface area contributed by atoms with Gasteiger partial charge in [0.05, 0.1) is 12.0 Å². The van der Waals surface area contributed by atoms with Crippen molar-refractivity contribution in [2.45, 2.75) is 53.2 Å². The van der Waals surface area contributed by atoms with Gasteiger partial charge in [-0.3, -0.25) is 0 Å². The molecule has 0 fully saturated rings. The van der Waals surface area contributed by atoms with Crippen LogP contribution in [0.2, 0.25) is 0 Å². The molecule has 0 spiro atoms. The predicted octanol–water partition coefficient (Wildman–Crippen LogP) is 2.43. The molecule has 2 atom stereocenters. The summed E-state index contributed by atoms with van der Waals surface area (Å²) in [4.78, 5) is 4.16. The van der Waals surface area contributed by atoms with E-state index in [2.05, 4.69) is 42.6 Å². The van der Waals surface area contributed by atoms with Gasteiger partial charge in [-0.25, -0.2) is 4.98 Å². The zero-order chi connectivity index (χ0) is 11.3. The van der Waals surface area contributed by atoms with E-state index in [-0.39, 0.29) is 0 Å². The Bertz CT molecular complexity index is 280. The van der Waals surface area contributed by atoms with Crippen LogP contribution in [0.1, 0.15) is 39.8 Å². The van der Waals surface area contributed by atoms with Crippen LogP contribution < -0.4 is 5.32 Å². The van der Waals surface area contributed by atoms with E-state index in [0.29, 0.717) is 6.04 Å². The highest BCUT2D eigenvalue weighted by Gasteiger charge is 2.10. The number of aromatic nitrogens is 2. The molecule has 86 valence electrons. The number of rotatable bonds is 6. The van der Waals surface area contributed by atoms with Crippen LogP contribution in [0.15, 0.2) is 12.5 Å². The zero-order valence-corrected chi connectivity index (χ0v) is 10.3. The molecule has 0 aromatic carbocycles. The van der Waals surface area contributed by atoms with Gasteiger partial charge in [0.15, 0.2) is 0 Å². The third kappa shape index (κ3) is 3.34. The Kier molecular flexibility index (Phi) is 4.82. The number of hydrogen-bond donors (Lipinski definition) is 1. The van der Waals surface area contributed by atoms with E-state index < -0.39 is 0 Å². The van der Waals surface area contributed by atoms with Crippen LogP contribution in [-0.4, -0.2) is 15.6 Å². The van der Waals surface area contributed by atoms with Gasteiger partial charge in [-0.05, 0) is 19.8 Å². The van der Waals surface area contributed by atoms with Crippen LogP contribution in [0, 0.1) is 5.92 Å². The van der Waals surface area contributed by atoms with Gasteiger partial charge < -0.3 is 9.88 Å². The van der Waals surface area contributed by atoms with Gasteiger partial charge in [0.25, 0.3) is 0 Å². The summed E-state index contributed by atoms with van der Waals surface area (Å²) in [6.07, 6.45) is 5.06. The van der Waals surface area contributed by atoms with Crippen molar-refractivity contribution >= 4 is 0 Å². The van der Waals surface area contributed by atoms with Crippen LogP contribution in [0.5, 0.6) is 0 Å². The van der Waals surface area contributed by atoms with Gasteiger partial charge in [-0.15, -0.1) is 0 Å². The van der Waals surface area contributed by atoms with Gasteiger partial charge in [0.2, 0.25) is 0 Å². The summed E-state index contributed by atoms with van der Waals surface area (Å²) in [5.74, 6) is 0.725. The van der Waals surface area contributed by atoms with Crippen molar-refractivity contribution in [3.63, 3.8) is 0 Å². The first-order chi connectivity index (χ1) is 7.19. The Balaban J connectivity index is 2.43. The summed E-state index contributed by atoms with van der Waals surface area (Å²) in [7, 11) is 0. The molecule has 1 aromatic heterocycles. The molecule has 1 rings (SSSR count). The molecule has 15 heavy (non-hydrogen) atoms. The highest BCUT2D eigenvalue weighted by Crippen LogP contribution is 2.08. The minimum absolute atomic E-state index is 0.565. The number of nitrogens with one attached hydrogen (secondary N) is 1. The molecule has 0 saturated heterocycles. The molecular formula is C12H23N3. The third-order valence-corrected chi connectivity index (χ3v) is 3.24. The molecule has 0 aliphatic heterocycles. The zero-order valence-electron chi connectivity index (χ0n) is 10.3. The number of aryl methyl sites for hydroxylation is 1. The van der Waals surface area contributed by atoms with E-state index >= 15 is 0 Å². The monoisotopic (exact) mass is 209 g/mol. The molecule has 1 heterocycles. The highest BCUT2D eigenvalue weighted by atomic mass is 15.1. The minimum atomic E-state index is 0.565. The van der Waals surface area contributed by atoms with Crippen molar-refractivity contribution in [2.24, 2.45) is 5.92 Å². The molecule has 3 heteroatoms.